The molecule has 17 heavy (non-hydrogen) atoms. The summed E-state index contributed by atoms with van der Waals surface area (Å²) in [5.74, 6) is -0.0944. The Morgan fingerprint density at radius 1 is 1.59 bits per heavy atom. The van der Waals surface area contributed by atoms with E-state index in [1.54, 1.807) is 0 Å². The number of halogens is 1. The molecule has 2 N–H and O–H groups in total. The van der Waals surface area contributed by atoms with Gasteiger partial charge in [-0.3, -0.25) is 0 Å². The highest BCUT2D eigenvalue weighted by Crippen LogP contribution is 2.24. The second-order valence-electron chi connectivity index (χ2n) is 3.42. The number of aliphatic hydroxyl groups is 1. The number of ether oxygens (including phenoxy) is 1. The van der Waals surface area contributed by atoms with Crippen LogP contribution in [-0.4, -0.2) is 43.3 Å². The van der Waals surface area contributed by atoms with Crippen LogP contribution in [-0.2, 0) is 0 Å². The average Bonchev–Trinajstić information content (AvgIpc) is 2.29. The molecule has 1 aromatic rings. The molecule has 0 fully saturated rings. The molecular weight excluding hydrogens is 227 g/mol. The molecular formula is C11H15FN2O3. The number of hydrogen-bond donors (Lipinski definition) is 2. The molecule has 0 radical (unpaired) electrons. The highest BCUT2D eigenvalue weighted by Gasteiger charge is 2.11. The SMILES string of the molecule is COc1ccc(F)cc1NC(=O)N(C)CCO. The van der Waals surface area contributed by atoms with Crippen molar-refractivity contribution in [1.82, 2.24) is 4.90 Å². The molecule has 5 nitrogen and oxygen atoms in total. The summed E-state index contributed by atoms with van der Waals surface area (Å²) >= 11 is 0. The fourth-order valence-electron chi connectivity index (χ4n) is 1.24. The van der Waals surface area contributed by atoms with Crippen LogP contribution in [0.1, 0.15) is 0 Å². The first kappa shape index (κ1) is 13.2. The normalized spacial score (nSPS) is 9.88. The van der Waals surface area contributed by atoms with E-state index in [1.165, 1.54) is 37.3 Å². The molecule has 0 spiro atoms. The summed E-state index contributed by atoms with van der Waals surface area (Å²) < 4.78 is 18.0. The summed E-state index contributed by atoms with van der Waals surface area (Å²) in [7, 11) is 2.96. The van der Waals surface area contributed by atoms with E-state index < -0.39 is 11.8 Å². The molecule has 0 aliphatic heterocycles. The zero-order valence-electron chi connectivity index (χ0n) is 9.74. The zero-order valence-corrected chi connectivity index (χ0v) is 9.74. The molecule has 0 saturated heterocycles. The quantitative estimate of drug-likeness (QED) is 0.836. The van der Waals surface area contributed by atoms with Gasteiger partial charge in [-0.05, 0) is 12.1 Å². The number of urea groups is 1. The van der Waals surface area contributed by atoms with E-state index in [-0.39, 0.29) is 18.8 Å². The van der Waals surface area contributed by atoms with E-state index in [9.17, 15) is 9.18 Å². The third kappa shape index (κ3) is 3.60. The van der Waals surface area contributed by atoms with Crippen molar-refractivity contribution in [1.29, 1.82) is 0 Å². The minimum absolute atomic E-state index is 0.135. The molecule has 0 aliphatic carbocycles. The lowest BCUT2D eigenvalue weighted by atomic mass is 10.3. The van der Waals surface area contributed by atoms with Gasteiger partial charge in [-0.1, -0.05) is 0 Å². The maximum Gasteiger partial charge on any atom is 0.321 e. The van der Waals surface area contributed by atoms with Crippen LogP contribution < -0.4 is 10.1 Å². The molecule has 0 unspecified atom stereocenters. The minimum atomic E-state index is -0.467. The molecule has 94 valence electrons. The van der Waals surface area contributed by atoms with Crippen molar-refractivity contribution in [3.05, 3.63) is 24.0 Å². The Bertz CT molecular complexity index is 398. The van der Waals surface area contributed by atoms with Gasteiger partial charge >= 0.3 is 6.03 Å². The molecule has 6 heteroatoms. The van der Waals surface area contributed by atoms with Crippen LogP contribution in [0.4, 0.5) is 14.9 Å². The van der Waals surface area contributed by atoms with E-state index in [0.29, 0.717) is 5.75 Å². The van der Waals surface area contributed by atoms with Gasteiger partial charge in [0.25, 0.3) is 0 Å². The summed E-state index contributed by atoms with van der Waals surface area (Å²) in [6.07, 6.45) is 0. The molecule has 0 heterocycles. The predicted octanol–water partition coefficient (Wildman–Crippen LogP) is 1.29. The Morgan fingerprint density at radius 2 is 2.29 bits per heavy atom. The van der Waals surface area contributed by atoms with Crippen LogP contribution in [0.3, 0.4) is 0 Å². The Kier molecular flexibility index (Phi) is 4.71. The van der Waals surface area contributed by atoms with Gasteiger partial charge in [-0.25, -0.2) is 9.18 Å². The van der Waals surface area contributed by atoms with Crippen molar-refractivity contribution in [2.24, 2.45) is 0 Å². The smallest absolute Gasteiger partial charge is 0.321 e. The van der Waals surface area contributed by atoms with Gasteiger partial charge in [0.1, 0.15) is 11.6 Å². The van der Waals surface area contributed by atoms with Crippen molar-refractivity contribution in [3.8, 4) is 5.75 Å². The molecule has 0 aromatic heterocycles. The van der Waals surface area contributed by atoms with Gasteiger partial charge < -0.3 is 20.1 Å². The summed E-state index contributed by atoms with van der Waals surface area (Å²) in [6, 6.07) is 3.40. The molecule has 1 rings (SSSR count). The van der Waals surface area contributed by atoms with Gasteiger partial charge in [0.2, 0.25) is 0 Å². The molecule has 1 aromatic carbocycles. The van der Waals surface area contributed by atoms with Gasteiger partial charge in [-0.2, -0.15) is 0 Å². The summed E-state index contributed by atoms with van der Waals surface area (Å²) in [4.78, 5) is 12.9. The highest BCUT2D eigenvalue weighted by atomic mass is 19.1. The van der Waals surface area contributed by atoms with Crippen molar-refractivity contribution in [2.45, 2.75) is 0 Å². The first-order chi connectivity index (χ1) is 8.08. The van der Waals surface area contributed by atoms with E-state index in [0.717, 1.165) is 0 Å². The third-order valence-corrected chi connectivity index (χ3v) is 2.19. The van der Waals surface area contributed by atoms with Gasteiger partial charge in [-0.15, -0.1) is 0 Å². The second-order valence-corrected chi connectivity index (χ2v) is 3.42. The topological polar surface area (TPSA) is 61.8 Å². The Labute approximate surface area is 98.8 Å². The second kappa shape index (κ2) is 6.05. The predicted molar refractivity (Wildman–Crippen MR) is 61.7 cm³/mol. The van der Waals surface area contributed by atoms with Gasteiger partial charge in [0.05, 0.1) is 19.4 Å². The van der Waals surface area contributed by atoms with Gasteiger partial charge in [0.15, 0.2) is 0 Å². The maximum atomic E-state index is 13.0. The number of carbonyl (C=O) groups is 1. The van der Waals surface area contributed by atoms with Crippen LogP contribution >= 0.6 is 0 Å². The van der Waals surface area contributed by atoms with Crippen molar-refractivity contribution in [3.63, 3.8) is 0 Å². The van der Waals surface area contributed by atoms with Crippen molar-refractivity contribution < 1.29 is 19.0 Å². The number of likely N-dealkylation sites (N-methyl/N-ethyl adjacent to an activating group) is 1. The van der Waals surface area contributed by atoms with Crippen molar-refractivity contribution >= 4 is 11.7 Å². The van der Waals surface area contributed by atoms with E-state index >= 15 is 0 Å². The first-order valence-electron chi connectivity index (χ1n) is 5.05. The lowest BCUT2D eigenvalue weighted by Crippen LogP contribution is -2.33. The van der Waals surface area contributed by atoms with Gasteiger partial charge in [0, 0.05) is 19.7 Å². The number of carbonyl (C=O) groups excluding carboxylic acids is 1. The number of rotatable bonds is 4. The lowest BCUT2D eigenvalue weighted by Gasteiger charge is -2.17. The van der Waals surface area contributed by atoms with Crippen LogP contribution in [0.25, 0.3) is 0 Å². The van der Waals surface area contributed by atoms with Crippen LogP contribution in [0, 0.1) is 5.82 Å². The maximum absolute atomic E-state index is 13.0. The van der Waals surface area contributed by atoms with E-state index in [4.69, 9.17) is 9.84 Å². The fourth-order valence-corrected chi connectivity index (χ4v) is 1.24. The number of benzene rings is 1. The Balaban J connectivity index is 2.79. The number of nitrogens with zero attached hydrogens (tertiary/aromatic N) is 1. The third-order valence-electron chi connectivity index (χ3n) is 2.19. The molecule has 0 bridgehead atoms. The van der Waals surface area contributed by atoms with E-state index in [2.05, 4.69) is 5.32 Å². The monoisotopic (exact) mass is 242 g/mol. The van der Waals surface area contributed by atoms with E-state index in [1.807, 2.05) is 0 Å². The summed E-state index contributed by atoms with van der Waals surface area (Å²) in [5.41, 5.74) is 0.252. The summed E-state index contributed by atoms with van der Waals surface area (Å²) in [6.45, 7) is 0.0632. The highest BCUT2D eigenvalue weighted by molar-refractivity contribution is 5.90. The van der Waals surface area contributed by atoms with Crippen LogP contribution in [0.5, 0.6) is 5.75 Å². The number of nitrogens with one attached hydrogen (secondary N) is 1. The molecule has 2 amide bonds. The first-order valence-corrected chi connectivity index (χ1v) is 5.05. The minimum Gasteiger partial charge on any atom is -0.495 e. The number of amides is 2. The Morgan fingerprint density at radius 3 is 2.88 bits per heavy atom. The molecule has 0 saturated carbocycles. The largest absolute Gasteiger partial charge is 0.495 e. The lowest BCUT2D eigenvalue weighted by molar-refractivity contribution is 0.202. The number of anilines is 1. The molecule has 0 atom stereocenters. The summed E-state index contributed by atoms with van der Waals surface area (Å²) in [5, 5.41) is 11.2. The number of hydrogen-bond acceptors (Lipinski definition) is 3. The Hall–Kier alpha value is -1.82. The standard InChI is InChI=1S/C11H15FN2O3/c1-14(5-6-15)11(16)13-9-7-8(12)3-4-10(9)17-2/h3-4,7,15H,5-6H2,1-2H3,(H,13,16). The average molecular weight is 242 g/mol. The molecule has 0 aliphatic rings. The van der Waals surface area contributed by atoms with Crippen LogP contribution in [0.15, 0.2) is 18.2 Å². The number of aliphatic hydroxyl groups excluding tert-OH is 1. The number of methoxy groups -OCH3 is 1. The zero-order chi connectivity index (χ0) is 12.8. The van der Waals surface area contributed by atoms with Crippen LogP contribution in [0.2, 0.25) is 0 Å². The van der Waals surface area contributed by atoms with Crippen molar-refractivity contribution in [2.75, 3.05) is 32.6 Å². The fraction of sp³-hybridized carbons (Fsp3) is 0.364.